The number of hydrogen-bond acceptors (Lipinski definition) is 5. The van der Waals surface area contributed by atoms with E-state index in [2.05, 4.69) is 38.3 Å². The minimum absolute atomic E-state index is 0.00210. The van der Waals surface area contributed by atoms with Gasteiger partial charge in [0.05, 0.1) is 11.7 Å². The molecule has 0 atom stereocenters. The average Bonchev–Trinajstić information content (AvgIpc) is 2.49. The predicted octanol–water partition coefficient (Wildman–Crippen LogP) is 3.62. The van der Waals surface area contributed by atoms with Gasteiger partial charge in [-0.3, -0.25) is 4.79 Å². The number of fused-ring (bicyclic) bond motifs is 1. The maximum absolute atomic E-state index is 13.0. The zero-order valence-electron chi connectivity index (χ0n) is 17.5. The van der Waals surface area contributed by atoms with Gasteiger partial charge in [-0.05, 0) is 66.5 Å². The van der Waals surface area contributed by atoms with E-state index in [1.807, 2.05) is 13.8 Å². The van der Waals surface area contributed by atoms with Gasteiger partial charge in [0.15, 0.2) is 0 Å². The van der Waals surface area contributed by atoms with Crippen molar-refractivity contribution in [1.29, 1.82) is 0 Å². The van der Waals surface area contributed by atoms with Crippen LogP contribution in [-0.2, 0) is 0 Å². The van der Waals surface area contributed by atoms with Gasteiger partial charge in [0.2, 0.25) is 0 Å². The number of nitrogens with one attached hydrogen (secondary N) is 2. The fraction of sp³-hybridized carbons (Fsp3) is 0.545. The summed E-state index contributed by atoms with van der Waals surface area (Å²) in [4.78, 5) is 25.1. The van der Waals surface area contributed by atoms with Crippen molar-refractivity contribution in [2.45, 2.75) is 77.6 Å². The molecule has 3 rings (SSSR count). The normalized spacial score (nSPS) is 19.0. The minimum atomic E-state index is -0.551. The lowest BCUT2D eigenvalue weighted by Gasteiger charge is -2.46. The Hall–Kier alpha value is -2.34. The SMILES string of the molecule is CC(C)Oc1ccc2c(C(=O)NC3CC(C)(C)NC(C)(C)C3)cc(=O)oc2c1. The van der Waals surface area contributed by atoms with Crippen LogP contribution in [-0.4, -0.2) is 29.1 Å². The highest BCUT2D eigenvalue weighted by Gasteiger charge is 2.38. The number of benzene rings is 1. The van der Waals surface area contributed by atoms with E-state index < -0.39 is 5.63 Å². The second-order valence-electron chi connectivity index (χ2n) is 9.28. The second-order valence-corrected chi connectivity index (χ2v) is 9.28. The van der Waals surface area contributed by atoms with Crippen LogP contribution in [0.4, 0.5) is 0 Å². The van der Waals surface area contributed by atoms with Gasteiger partial charge in [-0.2, -0.15) is 0 Å². The highest BCUT2D eigenvalue weighted by atomic mass is 16.5. The molecule has 0 aliphatic carbocycles. The third kappa shape index (κ3) is 4.73. The van der Waals surface area contributed by atoms with Gasteiger partial charge in [0.1, 0.15) is 11.3 Å². The second kappa shape index (κ2) is 7.24. The molecule has 0 spiro atoms. The molecule has 1 fully saturated rings. The van der Waals surface area contributed by atoms with E-state index in [0.717, 1.165) is 12.8 Å². The molecule has 0 saturated carbocycles. The van der Waals surface area contributed by atoms with E-state index in [9.17, 15) is 9.59 Å². The van der Waals surface area contributed by atoms with Crippen molar-refractivity contribution in [2.24, 2.45) is 0 Å². The van der Waals surface area contributed by atoms with Crippen molar-refractivity contribution < 1.29 is 13.9 Å². The van der Waals surface area contributed by atoms with Gasteiger partial charge in [-0.25, -0.2) is 4.79 Å². The number of carbonyl (C=O) groups excluding carboxylic acids is 1. The molecule has 0 unspecified atom stereocenters. The first-order chi connectivity index (χ1) is 12.9. The maximum Gasteiger partial charge on any atom is 0.337 e. The van der Waals surface area contributed by atoms with Crippen LogP contribution < -0.4 is 21.0 Å². The van der Waals surface area contributed by atoms with E-state index in [-0.39, 0.29) is 29.1 Å². The summed E-state index contributed by atoms with van der Waals surface area (Å²) in [6.07, 6.45) is 1.63. The van der Waals surface area contributed by atoms with Gasteiger partial charge in [0, 0.05) is 34.6 Å². The summed E-state index contributed by atoms with van der Waals surface area (Å²) in [7, 11) is 0. The summed E-state index contributed by atoms with van der Waals surface area (Å²) in [5.41, 5.74) is -0.0372. The monoisotopic (exact) mass is 386 g/mol. The smallest absolute Gasteiger partial charge is 0.337 e. The number of ether oxygens (including phenoxy) is 1. The average molecular weight is 386 g/mol. The van der Waals surface area contributed by atoms with Crippen LogP contribution >= 0.6 is 0 Å². The quantitative estimate of drug-likeness (QED) is 0.785. The van der Waals surface area contributed by atoms with Gasteiger partial charge in [-0.15, -0.1) is 0 Å². The van der Waals surface area contributed by atoms with Crippen LogP contribution in [0.2, 0.25) is 0 Å². The van der Waals surface area contributed by atoms with Crippen molar-refractivity contribution in [3.8, 4) is 5.75 Å². The molecule has 1 amide bonds. The molecule has 1 aliphatic rings. The van der Waals surface area contributed by atoms with E-state index in [0.29, 0.717) is 22.3 Å². The Morgan fingerprint density at radius 2 is 1.82 bits per heavy atom. The standard InChI is InChI=1S/C22H30N2O4/c1-13(2)27-15-7-8-16-17(10-19(25)28-18(16)9-15)20(26)23-14-11-21(3,4)24-22(5,6)12-14/h7-10,13-14,24H,11-12H2,1-6H3,(H,23,26). The predicted molar refractivity (Wildman–Crippen MR) is 110 cm³/mol. The molecule has 1 saturated heterocycles. The highest BCUT2D eigenvalue weighted by molar-refractivity contribution is 6.05. The van der Waals surface area contributed by atoms with E-state index in [4.69, 9.17) is 9.15 Å². The van der Waals surface area contributed by atoms with Crippen LogP contribution in [0, 0.1) is 0 Å². The third-order valence-electron chi connectivity index (χ3n) is 4.86. The third-order valence-corrected chi connectivity index (χ3v) is 4.86. The van der Waals surface area contributed by atoms with Crippen LogP contribution in [0.25, 0.3) is 11.0 Å². The Kier molecular flexibility index (Phi) is 5.28. The Labute approximate surface area is 165 Å². The number of rotatable bonds is 4. The summed E-state index contributed by atoms with van der Waals surface area (Å²) in [6, 6.07) is 6.49. The first kappa shape index (κ1) is 20.4. The van der Waals surface area contributed by atoms with Crippen molar-refractivity contribution >= 4 is 16.9 Å². The first-order valence-corrected chi connectivity index (χ1v) is 9.79. The molecule has 6 nitrogen and oxygen atoms in total. The molecule has 1 aliphatic heterocycles. The Morgan fingerprint density at radius 1 is 1.18 bits per heavy atom. The number of amides is 1. The van der Waals surface area contributed by atoms with Gasteiger partial charge in [0.25, 0.3) is 5.91 Å². The molecular weight excluding hydrogens is 356 g/mol. The molecule has 0 radical (unpaired) electrons. The van der Waals surface area contributed by atoms with Crippen LogP contribution in [0.1, 0.15) is 64.7 Å². The Bertz CT molecular complexity index is 927. The molecule has 1 aromatic carbocycles. The number of hydrogen-bond donors (Lipinski definition) is 2. The van der Waals surface area contributed by atoms with E-state index >= 15 is 0 Å². The molecular formula is C22H30N2O4. The lowest BCUT2D eigenvalue weighted by atomic mass is 9.79. The summed E-state index contributed by atoms with van der Waals surface area (Å²) in [5.74, 6) is 0.346. The van der Waals surface area contributed by atoms with Crippen LogP contribution in [0.3, 0.4) is 0 Å². The lowest BCUT2D eigenvalue weighted by Crippen LogP contribution is -2.62. The molecule has 1 aromatic heterocycles. The van der Waals surface area contributed by atoms with Gasteiger partial charge in [-0.1, -0.05) is 0 Å². The summed E-state index contributed by atoms with van der Waals surface area (Å²) in [5, 5.41) is 7.32. The van der Waals surface area contributed by atoms with E-state index in [1.165, 1.54) is 6.07 Å². The summed E-state index contributed by atoms with van der Waals surface area (Å²) >= 11 is 0. The van der Waals surface area contributed by atoms with Crippen molar-refractivity contribution in [2.75, 3.05) is 0 Å². The summed E-state index contributed by atoms with van der Waals surface area (Å²) in [6.45, 7) is 12.4. The highest BCUT2D eigenvalue weighted by Crippen LogP contribution is 2.29. The molecule has 28 heavy (non-hydrogen) atoms. The van der Waals surface area contributed by atoms with Crippen LogP contribution in [0.5, 0.6) is 5.75 Å². The molecule has 152 valence electrons. The molecule has 6 heteroatoms. The molecule has 2 aromatic rings. The van der Waals surface area contributed by atoms with Crippen molar-refractivity contribution in [3.05, 3.63) is 40.2 Å². The molecule has 2 N–H and O–H groups in total. The maximum atomic E-state index is 13.0. The lowest BCUT2D eigenvalue weighted by molar-refractivity contribution is 0.0874. The zero-order chi connectivity index (χ0) is 20.7. The van der Waals surface area contributed by atoms with Crippen molar-refractivity contribution in [1.82, 2.24) is 10.6 Å². The first-order valence-electron chi connectivity index (χ1n) is 9.79. The number of piperidine rings is 1. The zero-order valence-corrected chi connectivity index (χ0v) is 17.5. The fourth-order valence-corrected chi connectivity index (χ4v) is 4.36. The topological polar surface area (TPSA) is 80.6 Å². The van der Waals surface area contributed by atoms with Crippen LogP contribution in [0.15, 0.2) is 33.5 Å². The minimum Gasteiger partial charge on any atom is -0.491 e. The van der Waals surface area contributed by atoms with E-state index in [1.54, 1.807) is 18.2 Å². The Balaban J connectivity index is 1.90. The fourth-order valence-electron chi connectivity index (χ4n) is 4.36. The largest absolute Gasteiger partial charge is 0.491 e. The summed E-state index contributed by atoms with van der Waals surface area (Å²) < 4.78 is 11.0. The molecule has 2 heterocycles. The van der Waals surface area contributed by atoms with Gasteiger partial charge < -0.3 is 19.8 Å². The molecule has 0 bridgehead atoms. The number of carbonyl (C=O) groups is 1. The Morgan fingerprint density at radius 3 is 2.43 bits per heavy atom. The van der Waals surface area contributed by atoms with Gasteiger partial charge >= 0.3 is 5.63 Å². The van der Waals surface area contributed by atoms with Crippen molar-refractivity contribution in [3.63, 3.8) is 0 Å².